The molecular formula is C76H142O6. The molecular weight excluding hydrogens is 1010 g/mol. The third kappa shape index (κ3) is 68.4. The van der Waals surface area contributed by atoms with Gasteiger partial charge in [0.1, 0.15) is 13.2 Å². The Bertz CT molecular complexity index is 1370. The molecule has 1 unspecified atom stereocenters. The van der Waals surface area contributed by atoms with Gasteiger partial charge in [0.15, 0.2) is 6.10 Å². The van der Waals surface area contributed by atoms with Crippen molar-refractivity contribution in [3.8, 4) is 0 Å². The zero-order chi connectivity index (χ0) is 59.2. The highest BCUT2D eigenvalue weighted by molar-refractivity contribution is 5.71. The van der Waals surface area contributed by atoms with Gasteiger partial charge in [-0.25, -0.2) is 0 Å². The molecule has 0 aliphatic rings. The van der Waals surface area contributed by atoms with Crippen LogP contribution < -0.4 is 0 Å². The SMILES string of the molecule is CCCCC/C=C\C/C=C\CCCCCCCC(=O)OC(COC(=O)CCCCCCC/C=C\CCCCCCCC)COC(=O)CCCCCCCCCCCCCCCCCCCCCCCCCCCCCCCCCCCC. The van der Waals surface area contributed by atoms with Crippen LogP contribution in [-0.2, 0) is 28.6 Å². The van der Waals surface area contributed by atoms with Gasteiger partial charge in [-0.05, 0) is 77.0 Å². The van der Waals surface area contributed by atoms with Crippen molar-refractivity contribution in [1.82, 2.24) is 0 Å². The zero-order valence-electron chi connectivity index (χ0n) is 55.5. The molecule has 6 heteroatoms. The van der Waals surface area contributed by atoms with Crippen LogP contribution >= 0.6 is 0 Å². The molecule has 482 valence electrons. The average Bonchev–Trinajstić information content (AvgIpc) is 3.47. The van der Waals surface area contributed by atoms with E-state index in [1.165, 1.54) is 283 Å². The molecule has 0 spiro atoms. The highest BCUT2D eigenvalue weighted by atomic mass is 16.6. The minimum absolute atomic E-state index is 0.0763. The van der Waals surface area contributed by atoms with Crippen LogP contribution in [-0.4, -0.2) is 37.2 Å². The first-order valence-corrected chi connectivity index (χ1v) is 37.0. The van der Waals surface area contributed by atoms with Crippen molar-refractivity contribution in [2.75, 3.05) is 13.2 Å². The fourth-order valence-electron chi connectivity index (χ4n) is 11.3. The number of rotatable bonds is 69. The van der Waals surface area contributed by atoms with E-state index in [2.05, 4.69) is 57.2 Å². The summed E-state index contributed by atoms with van der Waals surface area (Å²) in [6.45, 7) is 6.66. The molecule has 0 aromatic carbocycles. The van der Waals surface area contributed by atoms with E-state index in [0.717, 1.165) is 89.9 Å². The van der Waals surface area contributed by atoms with Crippen molar-refractivity contribution in [3.05, 3.63) is 36.5 Å². The molecule has 0 bridgehead atoms. The first-order chi connectivity index (χ1) is 40.5. The molecule has 6 nitrogen and oxygen atoms in total. The standard InChI is InChI=1S/C76H142O6/c1-4-7-10-13-16-19-22-25-28-29-30-31-32-33-34-35-36-37-38-39-40-41-42-43-44-45-46-49-51-54-57-60-63-66-69-75(78)81-72-73(82-76(79)70-67-64-61-58-55-52-48-27-24-21-18-15-12-9-6-3)71-80-74(77)68-65-62-59-56-53-50-47-26-23-20-17-14-11-8-5-2/h18,21,26-27,47-48,73H,4-17,19-20,22-25,28-46,49-72H2,1-3H3/b21-18-,47-26-,48-27-. The Labute approximate surface area is 512 Å². The van der Waals surface area contributed by atoms with Gasteiger partial charge in [-0.1, -0.05) is 353 Å². The van der Waals surface area contributed by atoms with Crippen LogP contribution in [0.25, 0.3) is 0 Å². The van der Waals surface area contributed by atoms with Gasteiger partial charge >= 0.3 is 17.9 Å². The normalized spacial score (nSPS) is 12.2. The predicted molar refractivity (Wildman–Crippen MR) is 358 cm³/mol. The van der Waals surface area contributed by atoms with Gasteiger partial charge in [-0.3, -0.25) is 14.4 Å². The molecule has 0 aromatic heterocycles. The monoisotopic (exact) mass is 1150 g/mol. The lowest BCUT2D eigenvalue weighted by Crippen LogP contribution is -2.30. The maximum absolute atomic E-state index is 12.9. The lowest BCUT2D eigenvalue weighted by atomic mass is 10.0. The van der Waals surface area contributed by atoms with Crippen LogP contribution in [0.15, 0.2) is 36.5 Å². The molecule has 0 fully saturated rings. The lowest BCUT2D eigenvalue weighted by molar-refractivity contribution is -0.167. The van der Waals surface area contributed by atoms with Crippen LogP contribution in [0, 0.1) is 0 Å². The van der Waals surface area contributed by atoms with Crippen molar-refractivity contribution in [2.24, 2.45) is 0 Å². The topological polar surface area (TPSA) is 78.9 Å². The van der Waals surface area contributed by atoms with Gasteiger partial charge in [-0.15, -0.1) is 0 Å². The largest absolute Gasteiger partial charge is 0.462 e. The van der Waals surface area contributed by atoms with Crippen molar-refractivity contribution in [2.45, 2.75) is 419 Å². The zero-order valence-corrected chi connectivity index (χ0v) is 55.5. The molecule has 0 aliphatic carbocycles. The number of ether oxygens (including phenoxy) is 3. The van der Waals surface area contributed by atoms with Gasteiger partial charge in [0.2, 0.25) is 0 Å². The molecule has 82 heavy (non-hydrogen) atoms. The van der Waals surface area contributed by atoms with E-state index >= 15 is 0 Å². The molecule has 0 amide bonds. The minimum Gasteiger partial charge on any atom is -0.462 e. The summed E-state index contributed by atoms with van der Waals surface area (Å²) in [6.07, 6.45) is 89.2. The Balaban J connectivity index is 4.09. The maximum atomic E-state index is 12.9. The summed E-state index contributed by atoms with van der Waals surface area (Å²) in [5, 5.41) is 0. The summed E-state index contributed by atoms with van der Waals surface area (Å²) in [4.78, 5) is 38.4. The van der Waals surface area contributed by atoms with Gasteiger partial charge in [0.05, 0.1) is 0 Å². The number of carbonyl (C=O) groups is 3. The van der Waals surface area contributed by atoms with E-state index < -0.39 is 6.10 Å². The van der Waals surface area contributed by atoms with Crippen LogP contribution in [0.2, 0.25) is 0 Å². The van der Waals surface area contributed by atoms with Crippen LogP contribution in [0.1, 0.15) is 412 Å². The molecule has 0 saturated heterocycles. The smallest absolute Gasteiger partial charge is 0.306 e. The fourth-order valence-corrected chi connectivity index (χ4v) is 11.3. The number of hydrogen-bond donors (Lipinski definition) is 0. The van der Waals surface area contributed by atoms with Crippen LogP contribution in [0.5, 0.6) is 0 Å². The molecule has 0 radical (unpaired) electrons. The second-order valence-corrected chi connectivity index (χ2v) is 25.2. The highest BCUT2D eigenvalue weighted by Gasteiger charge is 2.19. The highest BCUT2D eigenvalue weighted by Crippen LogP contribution is 2.19. The first-order valence-electron chi connectivity index (χ1n) is 37.0. The Morgan fingerprint density at radius 1 is 0.244 bits per heavy atom. The van der Waals surface area contributed by atoms with E-state index in [0.29, 0.717) is 19.3 Å². The molecule has 0 saturated carbocycles. The first kappa shape index (κ1) is 79.6. The molecule has 1 atom stereocenters. The summed E-state index contributed by atoms with van der Waals surface area (Å²) in [5.41, 5.74) is 0. The van der Waals surface area contributed by atoms with E-state index in [9.17, 15) is 14.4 Å². The van der Waals surface area contributed by atoms with Crippen molar-refractivity contribution >= 4 is 17.9 Å². The summed E-state index contributed by atoms with van der Waals surface area (Å²) >= 11 is 0. The number of unbranched alkanes of at least 4 members (excludes halogenated alkanes) is 52. The lowest BCUT2D eigenvalue weighted by Gasteiger charge is -2.18. The van der Waals surface area contributed by atoms with Crippen molar-refractivity contribution in [1.29, 1.82) is 0 Å². The minimum atomic E-state index is -0.782. The Morgan fingerprint density at radius 2 is 0.439 bits per heavy atom. The third-order valence-electron chi connectivity index (χ3n) is 16.9. The molecule has 0 aliphatic heterocycles. The fraction of sp³-hybridized carbons (Fsp3) is 0.882. The number of hydrogen-bond acceptors (Lipinski definition) is 6. The van der Waals surface area contributed by atoms with E-state index in [1.807, 2.05) is 0 Å². The Kier molecular flexibility index (Phi) is 69.1. The molecule has 0 N–H and O–H groups in total. The number of carbonyl (C=O) groups excluding carboxylic acids is 3. The predicted octanol–water partition coefficient (Wildman–Crippen LogP) is 25.5. The number of allylic oxidation sites excluding steroid dienone is 6. The van der Waals surface area contributed by atoms with Crippen LogP contribution in [0.3, 0.4) is 0 Å². The van der Waals surface area contributed by atoms with Crippen molar-refractivity contribution < 1.29 is 28.6 Å². The van der Waals surface area contributed by atoms with E-state index in [1.54, 1.807) is 0 Å². The quantitative estimate of drug-likeness (QED) is 0.0261. The number of esters is 3. The second kappa shape index (κ2) is 71.1. The van der Waals surface area contributed by atoms with Gasteiger partial charge in [0, 0.05) is 19.3 Å². The Hall–Kier alpha value is -2.37. The summed E-state index contributed by atoms with van der Waals surface area (Å²) in [6, 6.07) is 0. The van der Waals surface area contributed by atoms with Gasteiger partial charge in [0.25, 0.3) is 0 Å². The summed E-state index contributed by atoms with van der Waals surface area (Å²) in [5.74, 6) is -0.873. The van der Waals surface area contributed by atoms with Crippen molar-refractivity contribution in [3.63, 3.8) is 0 Å². The average molecular weight is 1150 g/mol. The maximum Gasteiger partial charge on any atom is 0.306 e. The second-order valence-electron chi connectivity index (χ2n) is 25.2. The van der Waals surface area contributed by atoms with E-state index in [-0.39, 0.29) is 31.1 Å². The third-order valence-corrected chi connectivity index (χ3v) is 16.9. The van der Waals surface area contributed by atoms with E-state index in [4.69, 9.17) is 14.2 Å². The van der Waals surface area contributed by atoms with Crippen LogP contribution in [0.4, 0.5) is 0 Å². The molecule has 0 aromatic rings. The van der Waals surface area contributed by atoms with Gasteiger partial charge in [-0.2, -0.15) is 0 Å². The summed E-state index contributed by atoms with van der Waals surface area (Å²) < 4.78 is 17.0. The Morgan fingerprint density at radius 3 is 0.707 bits per heavy atom. The molecule has 0 heterocycles. The molecule has 0 rings (SSSR count). The summed E-state index contributed by atoms with van der Waals surface area (Å²) in [7, 11) is 0. The van der Waals surface area contributed by atoms with Gasteiger partial charge < -0.3 is 14.2 Å².